The molecule has 0 radical (unpaired) electrons. The summed E-state index contributed by atoms with van der Waals surface area (Å²) in [7, 11) is 0. The quantitative estimate of drug-likeness (QED) is 0.103. The van der Waals surface area contributed by atoms with E-state index in [2.05, 4.69) is 43.7 Å². The van der Waals surface area contributed by atoms with Gasteiger partial charge in [0.2, 0.25) is 0 Å². The average molecular weight is 436 g/mol. The molecule has 1 heterocycles. The molecule has 0 aliphatic carbocycles. The fourth-order valence-electron chi connectivity index (χ4n) is 4.89. The molecule has 2 unspecified atom stereocenters. The number of nitrogens with one attached hydrogen (secondary N) is 1. The van der Waals surface area contributed by atoms with Crippen molar-refractivity contribution in [3.63, 3.8) is 0 Å². The summed E-state index contributed by atoms with van der Waals surface area (Å²) in [5.41, 5.74) is 0. The van der Waals surface area contributed by atoms with Crippen LogP contribution in [0.5, 0.6) is 0 Å². The molecule has 3 nitrogen and oxygen atoms in total. The van der Waals surface area contributed by atoms with E-state index in [4.69, 9.17) is 0 Å². The van der Waals surface area contributed by atoms with Crippen LogP contribution in [-0.4, -0.2) is 35.5 Å². The van der Waals surface area contributed by atoms with E-state index < -0.39 is 0 Å². The molecule has 182 valence electrons. The topological polar surface area (TPSA) is 32.3 Å². The highest BCUT2D eigenvalue weighted by Gasteiger charge is 2.35. The smallest absolute Gasteiger partial charge is 0.169 e. The third-order valence-electron chi connectivity index (χ3n) is 7.14. The van der Waals surface area contributed by atoms with Crippen LogP contribution in [0.2, 0.25) is 0 Å². The summed E-state index contributed by atoms with van der Waals surface area (Å²) < 4.78 is 0.861. The minimum atomic E-state index is 0.249. The molecule has 31 heavy (non-hydrogen) atoms. The largest absolute Gasteiger partial charge is 0.390 e. The second-order valence-electron chi connectivity index (χ2n) is 9.66. The third kappa shape index (κ3) is 13.4. The Morgan fingerprint density at radius 2 is 1.26 bits per heavy atom. The van der Waals surface area contributed by atoms with Gasteiger partial charge in [-0.15, -0.1) is 0 Å². The molecule has 0 fully saturated rings. The Morgan fingerprint density at radius 1 is 0.742 bits per heavy atom. The number of aliphatic hydroxyl groups excluding tert-OH is 1. The van der Waals surface area contributed by atoms with Gasteiger partial charge in [0.05, 0.1) is 19.4 Å². The summed E-state index contributed by atoms with van der Waals surface area (Å²) in [6.07, 6.45) is 34.5. The van der Waals surface area contributed by atoms with Crippen LogP contribution in [-0.2, 0) is 0 Å². The van der Waals surface area contributed by atoms with E-state index >= 15 is 0 Å². The summed E-state index contributed by atoms with van der Waals surface area (Å²) in [4.78, 5) is 0. The summed E-state index contributed by atoms with van der Waals surface area (Å²) in [5, 5.41) is 12.9. The van der Waals surface area contributed by atoms with Crippen molar-refractivity contribution in [3.05, 3.63) is 24.6 Å². The maximum absolute atomic E-state index is 9.38. The van der Waals surface area contributed by atoms with Gasteiger partial charge in [-0.1, -0.05) is 115 Å². The Kier molecular flexibility index (Phi) is 18.1. The average Bonchev–Trinajstić information content (AvgIpc) is 3.18. The first-order chi connectivity index (χ1) is 15.3. The number of allylic oxidation sites excluding steroid dienone is 1. The number of nitrogens with zero attached hydrogens (tertiary/aromatic N) is 1. The number of hydrogen-bond donors (Lipinski definition) is 2. The summed E-state index contributed by atoms with van der Waals surface area (Å²) >= 11 is 0. The number of rotatable bonds is 22. The molecule has 0 aromatic carbocycles. The van der Waals surface area contributed by atoms with Gasteiger partial charge >= 0.3 is 0 Å². The number of likely N-dealkylation sites (N-methyl/N-ethyl adjacent to an activating group) is 1. The van der Waals surface area contributed by atoms with Crippen molar-refractivity contribution in [2.75, 3.05) is 19.7 Å². The van der Waals surface area contributed by atoms with Gasteiger partial charge in [0.15, 0.2) is 6.17 Å². The van der Waals surface area contributed by atoms with Gasteiger partial charge in [0.25, 0.3) is 0 Å². The lowest BCUT2D eigenvalue weighted by Crippen LogP contribution is -2.53. The zero-order valence-corrected chi connectivity index (χ0v) is 21.1. The van der Waals surface area contributed by atoms with Crippen LogP contribution in [0.3, 0.4) is 0 Å². The van der Waals surface area contributed by atoms with Crippen molar-refractivity contribution in [1.29, 1.82) is 0 Å². The zero-order chi connectivity index (χ0) is 22.5. The van der Waals surface area contributed by atoms with Crippen molar-refractivity contribution in [1.82, 2.24) is 5.32 Å². The van der Waals surface area contributed by atoms with Crippen molar-refractivity contribution >= 4 is 0 Å². The molecule has 2 N–H and O–H groups in total. The first-order valence-corrected chi connectivity index (χ1v) is 13.8. The van der Waals surface area contributed by atoms with Gasteiger partial charge in [0.1, 0.15) is 12.7 Å². The first kappa shape index (κ1) is 28.2. The van der Waals surface area contributed by atoms with Gasteiger partial charge in [-0.05, 0) is 19.8 Å². The minimum Gasteiger partial charge on any atom is -0.390 e. The van der Waals surface area contributed by atoms with Crippen LogP contribution < -0.4 is 5.32 Å². The Labute approximate surface area is 195 Å². The lowest BCUT2D eigenvalue weighted by molar-refractivity contribution is -0.899. The van der Waals surface area contributed by atoms with E-state index in [9.17, 15) is 5.11 Å². The second-order valence-corrected chi connectivity index (χ2v) is 9.66. The molecule has 0 spiro atoms. The van der Waals surface area contributed by atoms with E-state index in [1.54, 1.807) is 0 Å². The summed E-state index contributed by atoms with van der Waals surface area (Å²) in [5.74, 6) is 0. The van der Waals surface area contributed by atoms with E-state index in [1.165, 1.54) is 109 Å². The van der Waals surface area contributed by atoms with Gasteiger partial charge in [-0.2, -0.15) is 0 Å². The molecule has 1 aliphatic heterocycles. The van der Waals surface area contributed by atoms with Crippen LogP contribution in [0.15, 0.2) is 24.6 Å². The maximum Gasteiger partial charge on any atom is 0.169 e. The van der Waals surface area contributed by atoms with Gasteiger partial charge < -0.3 is 10.4 Å². The van der Waals surface area contributed by atoms with Crippen LogP contribution in [0.1, 0.15) is 129 Å². The fourth-order valence-corrected chi connectivity index (χ4v) is 4.89. The molecule has 0 bridgehead atoms. The molecule has 2 atom stereocenters. The standard InChI is InChI=1S/C28H55N2O/c1-3-5-6-7-8-9-10-11-12-13-14-15-16-17-18-19-20-21-22-23-28-29-24-25-30(28,4-2)26-27-31/h21-22,24-25,28-29,31H,3-20,23,26-27H2,1-2H3/q+1/b22-21+. The second kappa shape index (κ2) is 19.9. The Morgan fingerprint density at radius 3 is 1.74 bits per heavy atom. The van der Waals surface area contributed by atoms with Crippen molar-refractivity contribution in [3.8, 4) is 0 Å². The molecule has 1 rings (SSSR count). The summed E-state index contributed by atoms with van der Waals surface area (Å²) in [6.45, 7) is 6.59. The molecule has 0 aromatic rings. The first-order valence-electron chi connectivity index (χ1n) is 13.8. The highest BCUT2D eigenvalue weighted by molar-refractivity contribution is 4.91. The molecule has 0 aromatic heterocycles. The maximum atomic E-state index is 9.38. The Balaban J connectivity index is 1.84. The van der Waals surface area contributed by atoms with E-state index in [-0.39, 0.29) is 6.61 Å². The van der Waals surface area contributed by atoms with E-state index in [0.717, 1.165) is 24.0 Å². The Hall–Kier alpha value is -0.800. The molecule has 0 saturated carbocycles. The molecule has 3 heteroatoms. The van der Waals surface area contributed by atoms with Crippen LogP contribution >= 0.6 is 0 Å². The summed E-state index contributed by atoms with van der Waals surface area (Å²) in [6, 6.07) is 0. The SMILES string of the molecule is CCCCCCCCCCCCCCCCCC/C=C/CC1NC=C[N+]1(CC)CCO. The molecular formula is C28H55N2O+. The van der Waals surface area contributed by atoms with Crippen molar-refractivity contribution < 1.29 is 9.59 Å². The van der Waals surface area contributed by atoms with E-state index in [0.29, 0.717) is 6.17 Å². The third-order valence-corrected chi connectivity index (χ3v) is 7.14. The molecule has 0 saturated heterocycles. The van der Waals surface area contributed by atoms with Crippen LogP contribution in [0, 0.1) is 0 Å². The lowest BCUT2D eigenvalue weighted by atomic mass is 10.0. The lowest BCUT2D eigenvalue weighted by Gasteiger charge is -2.36. The fraction of sp³-hybridized carbons (Fsp3) is 0.857. The predicted octanol–water partition coefficient (Wildman–Crippen LogP) is 7.81. The number of unbranched alkanes of at least 4 members (excludes halogenated alkanes) is 16. The van der Waals surface area contributed by atoms with Gasteiger partial charge in [-0.3, -0.25) is 4.48 Å². The highest BCUT2D eigenvalue weighted by atomic mass is 16.3. The molecule has 0 amide bonds. The predicted molar refractivity (Wildman–Crippen MR) is 137 cm³/mol. The monoisotopic (exact) mass is 435 g/mol. The van der Waals surface area contributed by atoms with Crippen molar-refractivity contribution in [2.24, 2.45) is 0 Å². The van der Waals surface area contributed by atoms with Crippen LogP contribution in [0.25, 0.3) is 0 Å². The number of quaternary nitrogens is 1. The number of aliphatic hydroxyl groups is 1. The Bertz CT molecular complexity index is 448. The van der Waals surface area contributed by atoms with Crippen LogP contribution in [0.4, 0.5) is 0 Å². The molecule has 1 aliphatic rings. The number of hydrogen-bond acceptors (Lipinski definition) is 2. The normalized spacial score (nSPS) is 20.7. The molecular weight excluding hydrogens is 380 g/mol. The minimum absolute atomic E-state index is 0.249. The van der Waals surface area contributed by atoms with E-state index in [1.807, 2.05) is 0 Å². The van der Waals surface area contributed by atoms with Crippen molar-refractivity contribution in [2.45, 2.75) is 136 Å². The van der Waals surface area contributed by atoms with Gasteiger partial charge in [-0.25, -0.2) is 0 Å². The zero-order valence-electron chi connectivity index (χ0n) is 21.1. The highest BCUT2D eigenvalue weighted by Crippen LogP contribution is 2.21. The van der Waals surface area contributed by atoms with Gasteiger partial charge in [0, 0.05) is 6.42 Å².